The molecule has 0 saturated carbocycles. The Bertz CT molecular complexity index is 443. The van der Waals surface area contributed by atoms with Gasteiger partial charge >= 0.3 is 0 Å². The minimum Gasteiger partial charge on any atom is -0.325 e. The number of alkyl halides is 1. The summed E-state index contributed by atoms with van der Waals surface area (Å²) < 4.78 is 15.1. The molecule has 1 unspecified atom stereocenters. The molecule has 0 aliphatic heterocycles. The third-order valence-corrected chi connectivity index (χ3v) is 5.61. The molecule has 0 N–H and O–H groups in total. The highest BCUT2D eigenvalue weighted by Crippen LogP contribution is 2.17. The van der Waals surface area contributed by atoms with Gasteiger partial charge in [0.1, 0.15) is 12.7 Å². The standard InChI is InChI=1S/C25H45FN/c1-4-5-6-7-8-9-10-11-12-16-20-25(26)21-17-22-27(2,3)23-24-18-14-13-15-19-24/h13-15,18-19,25H,4-12,16-17,20-23H2,1-3H3/q+1. The number of hydrogen-bond donors (Lipinski definition) is 0. The van der Waals surface area contributed by atoms with Gasteiger partial charge in [-0.2, -0.15) is 0 Å². The van der Waals surface area contributed by atoms with E-state index in [0.29, 0.717) is 0 Å². The van der Waals surface area contributed by atoms with E-state index >= 15 is 0 Å². The van der Waals surface area contributed by atoms with Gasteiger partial charge in [-0.1, -0.05) is 101 Å². The van der Waals surface area contributed by atoms with Crippen LogP contribution in [0.5, 0.6) is 0 Å². The molecule has 0 amide bonds. The summed E-state index contributed by atoms with van der Waals surface area (Å²) in [4.78, 5) is 0. The van der Waals surface area contributed by atoms with Crippen molar-refractivity contribution in [3.63, 3.8) is 0 Å². The Hall–Kier alpha value is -0.890. The Morgan fingerprint density at radius 2 is 1.26 bits per heavy atom. The van der Waals surface area contributed by atoms with E-state index in [1.165, 1.54) is 63.4 Å². The Morgan fingerprint density at radius 3 is 1.85 bits per heavy atom. The molecule has 1 aromatic carbocycles. The summed E-state index contributed by atoms with van der Waals surface area (Å²) in [5.41, 5.74) is 1.37. The summed E-state index contributed by atoms with van der Waals surface area (Å²) in [5, 5.41) is 0. The first kappa shape index (κ1) is 24.1. The van der Waals surface area contributed by atoms with Crippen molar-refractivity contribution in [3.05, 3.63) is 35.9 Å². The van der Waals surface area contributed by atoms with E-state index in [0.717, 1.165) is 43.3 Å². The van der Waals surface area contributed by atoms with Crippen LogP contribution in [0.2, 0.25) is 0 Å². The minimum atomic E-state index is -0.601. The predicted molar refractivity (Wildman–Crippen MR) is 118 cm³/mol. The van der Waals surface area contributed by atoms with E-state index in [1.807, 2.05) is 0 Å². The lowest BCUT2D eigenvalue weighted by Crippen LogP contribution is -2.39. The highest BCUT2D eigenvalue weighted by atomic mass is 19.1. The van der Waals surface area contributed by atoms with Gasteiger partial charge in [0.25, 0.3) is 0 Å². The molecule has 27 heavy (non-hydrogen) atoms. The molecule has 1 atom stereocenters. The van der Waals surface area contributed by atoms with Crippen molar-refractivity contribution in [2.45, 2.75) is 103 Å². The predicted octanol–water partition coefficient (Wildman–Crippen LogP) is 7.69. The average molecular weight is 379 g/mol. The maximum atomic E-state index is 14.1. The van der Waals surface area contributed by atoms with Crippen LogP contribution in [0.4, 0.5) is 4.39 Å². The van der Waals surface area contributed by atoms with Crippen LogP contribution >= 0.6 is 0 Å². The maximum absolute atomic E-state index is 14.1. The quantitative estimate of drug-likeness (QED) is 0.192. The highest BCUT2D eigenvalue weighted by Gasteiger charge is 2.16. The fourth-order valence-electron chi connectivity index (χ4n) is 3.90. The summed E-state index contributed by atoms with van der Waals surface area (Å²) in [5.74, 6) is 0. The first-order valence-electron chi connectivity index (χ1n) is 11.5. The first-order valence-corrected chi connectivity index (χ1v) is 11.5. The van der Waals surface area contributed by atoms with Gasteiger partial charge in [0.2, 0.25) is 0 Å². The molecular formula is C25H45FN+. The molecule has 0 bridgehead atoms. The highest BCUT2D eigenvalue weighted by molar-refractivity contribution is 5.13. The molecular weight excluding hydrogens is 333 g/mol. The van der Waals surface area contributed by atoms with Crippen LogP contribution in [0.1, 0.15) is 96.0 Å². The number of nitrogens with zero attached hydrogens (tertiary/aromatic N) is 1. The third-order valence-electron chi connectivity index (χ3n) is 5.61. The van der Waals surface area contributed by atoms with Crippen LogP contribution < -0.4 is 0 Å². The number of quaternary nitrogens is 1. The Balaban J connectivity index is 1.97. The van der Waals surface area contributed by atoms with Gasteiger partial charge in [-0.25, -0.2) is 4.39 Å². The van der Waals surface area contributed by atoms with E-state index in [9.17, 15) is 4.39 Å². The van der Waals surface area contributed by atoms with E-state index in [2.05, 4.69) is 51.4 Å². The second-order valence-corrected chi connectivity index (χ2v) is 9.01. The van der Waals surface area contributed by atoms with E-state index < -0.39 is 6.17 Å². The number of benzene rings is 1. The van der Waals surface area contributed by atoms with Crippen LogP contribution in [-0.2, 0) is 6.54 Å². The molecule has 156 valence electrons. The van der Waals surface area contributed by atoms with E-state index in [4.69, 9.17) is 0 Å². The summed E-state index contributed by atoms with van der Waals surface area (Å²) in [7, 11) is 4.50. The normalized spacial score (nSPS) is 13.0. The van der Waals surface area contributed by atoms with Gasteiger partial charge in [0, 0.05) is 5.56 Å². The minimum absolute atomic E-state index is 0.601. The molecule has 1 aromatic rings. The zero-order valence-corrected chi connectivity index (χ0v) is 18.4. The van der Waals surface area contributed by atoms with Gasteiger partial charge in [-0.05, 0) is 19.3 Å². The molecule has 0 aliphatic rings. The Morgan fingerprint density at radius 1 is 0.741 bits per heavy atom. The molecule has 0 saturated heterocycles. The van der Waals surface area contributed by atoms with Gasteiger partial charge < -0.3 is 4.48 Å². The molecule has 2 heteroatoms. The maximum Gasteiger partial charge on any atom is 0.104 e. The zero-order valence-electron chi connectivity index (χ0n) is 18.4. The number of rotatable bonds is 17. The van der Waals surface area contributed by atoms with Crippen LogP contribution in [0.15, 0.2) is 30.3 Å². The lowest BCUT2D eigenvalue weighted by atomic mass is 10.0. The molecule has 0 aromatic heterocycles. The molecule has 1 nitrogen and oxygen atoms in total. The van der Waals surface area contributed by atoms with Crippen molar-refractivity contribution in [3.8, 4) is 0 Å². The smallest absolute Gasteiger partial charge is 0.104 e. The van der Waals surface area contributed by atoms with E-state index in [-0.39, 0.29) is 0 Å². The van der Waals surface area contributed by atoms with Crippen molar-refractivity contribution in [1.29, 1.82) is 0 Å². The SMILES string of the molecule is CCCCCCCCCCCCC(F)CCC[N+](C)(C)Cc1ccccc1. The van der Waals surface area contributed by atoms with E-state index in [1.54, 1.807) is 0 Å². The van der Waals surface area contributed by atoms with Crippen molar-refractivity contribution in [1.82, 2.24) is 0 Å². The second kappa shape index (κ2) is 15.1. The topological polar surface area (TPSA) is 0 Å². The first-order chi connectivity index (χ1) is 13.0. The van der Waals surface area contributed by atoms with Crippen molar-refractivity contribution >= 4 is 0 Å². The van der Waals surface area contributed by atoms with Crippen LogP contribution in [-0.4, -0.2) is 31.3 Å². The number of halogens is 1. The van der Waals surface area contributed by atoms with Crippen LogP contribution in [0, 0.1) is 0 Å². The Kier molecular flexibility index (Phi) is 13.5. The number of unbranched alkanes of at least 4 members (excludes halogenated alkanes) is 9. The number of hydrogen-bond acceptors (Lipinski definition) is 0. The average Bonchev–Trinajstić information content (AvgIpc) is 2.63. The molecule has 0 aliphatic carbocycles. The summed E-state index contributed by atoms with van der Waals surface area (Å²) in [6.07, 6.45) is 15.1. The fraction of sp³-hybridized carbons (Fsp3) is 0.760. The van der Waals surface area contributed by atoms with Crippen molar-refractivity contribution < 1.29 is 8.87 Å². The monoisotopic (exact) mass is 378 g/mol. The lowest BCUT2D eigenvalue weighted by Gasteiger charge is -2.30. The van der Waals surface area contributed by atoms with Crippen molar-refractivity contribution in [2.24, 2.45) is 0 Å². The summed E-state index contributed by atoms with van der Waals surface area (Å²) in [6, 6.07) is 10.6. The third kappa shape index (κ3) is 13.9. The Labute approximate surface area is 169 Å². The summed E-state index contributed by atoms with van der Waals surface area (Å²) in [6.45, 7) is 4.34. The zero-order chi connectivity index (χ0) is 19.8. The molecule has 0 fully saturated rings. The van der Waals surface area contributed by atoms with Gasteiger partial charge in [0.05, 0.1) is 20.6 Å². The molecule has 0 heterocycles. The van der Waals surface area contributed by atoms with Crippen molar-refractivity contribution in [2.75, 3.05) is 20.6 Å². The second-order valence-electron chi connectivity index (χ2n) is 9.01. The molecule has 0 radical (unpaired) electrons. The lowest BCUT2D eigenvalue weighted by molar-refractivity contribution is -0.903. The van der Waals surface area contributed by atoms with Gasteiger partial charge in [0.15, 0.2) is 0 Å². The van der Waals surface area contributed by atoms with Gasteiger partial charge in [-0.3, -0.25) is 0 Å². The molecule has 0 spiro atoms. The molecule has 1 rings (SSSR count). The fourth-order valence-corrected chi connectivity index (χ4v) is 3.90. The van der Waals surface area contributed by atoms with Crippen LogP contribution in [0.25, 0.3) is 0 Å². The van der Waals surface area contributed by atoms with Gasteiger partial charge in [-0.15, -0.1) is 0 Å². The van der Waals surface area contributed by atoms with Crippen LogP contribution in [0.3, 0.4) is 0 Å². The largest absolute Gasteiger partial charge is 0.325 e. The summed E-state index contributed by atoms with van der Waals surface area (Å²) >= 11 is 0.